The van der Waals surface area contributed by atoms with E-state index in [-0.39, 0.29) is 36.6 Å². The predicted molar refractivity (Wildman–Crippen MR) is 131 cm³/mol. The number of halogens is 1. The van der Waals surface area contributed by atoms with E-state index in [0.29, 0.717) is 5.92 Å². The third-order valence-electron chi connectivity index (χ3n) is 5.22. The van der Waals surface area contributed by atoms with Crippen LogP contribution < -0.4 is 10.6 Å². The molecule has 1 aliphatic rings. The number of rotatable bonds is 11. The van der Waals surface area contributed by atoms with E-state index in [1.807, 2.05) is 0 Å². The van der Waals surface area contributed by atoms with Gasteiger partial charge in [-0.1, -0.05) is 43.7 Å². The van der Waals surface area contributed by atoms with Gasteiger partial charge in [-0.2, -0.15) is 0 Å². The van der Waals surface area contributed by atoms with Crippen molar-refractivity contribution in [2.24, 2.45) is 10.9 Å². The van der Waals surface area contributed by atoms with E-state index in [4.69, 9.17) is 9.73 Å². The average Bonchev–Trinajstić information content (AvgIpc) is 2.74. The SMILES string of the molecule is CCCC(CCO)CN=C(NCC)NCC(c1ccccc1)N1CCOCC1.I. The first-order valence-corrected chi connectivity index (χ1v) is 10.8. The second kappa shape index (κ2) is 15.9. The molecule has 0 bridgehead atoms. The van der Waals surface area contributed by atoms with Crippen LogP contribution in [-0.4, -0.2) is 68.5 Å². The summed E-state index contributed by atoms with van der Waals surface area (Å²) in [5.74, 6) is 1.30. The molecule has 1 aromatic carbocycles. The number of nitrogens with one attached hydrogen (secondary N) is 2. The average molecular weight is 518 g/mol. The largest absolute Gasteiger partial charge is 0.396 e. The van der Waals surface area contributed by atoms with Gasteiger partial charge in [-0.15, -0.1) is 24.0 Å². The summed E-state index contributed by atoms with van der Waals surface area (Å²) >= 11 is 0. The second-order valence-electron chi connectivity index (χ2n) is 7.34. The number of morpholine rings is 1. The van der Waals surface area contributed by atoms with Gasteiger partial charge in [0.05, 0.1) is 19.3 Å². The van der Waals surface area contributed by atoms with Crippen molar-refractivity contribution in [3.8, 4) is 0 Å². The third kappa shape index (κ3) is 9.63. The summed E-state index contributed by atoms with van der Waals surface area (Å²) in [5, 5.41) is 16.2. The number of aliphatic hydroxyl groups excluding tert-OH is 1. The number of guanidine groups is 1. The molecule has 6 nitrogen and oxygen atoms in total. The van der Waals surface area contributed by atoms with E-state index in [2.05, 4.69) is 59.7 Å². The van der Waals surface area contributed by atoms with Gasteiger partial charge in [-0.3, -0.25) is 9.89 Å². The summed E-state index contributed by atoms with van der Waals surface area (Å²) in [7, 11) is 0. The maximum atomic E-state index is 9.28. The van der Waals surface area contributed by atoms with Crippen molar-refractivity contribution in [3.05, 3.63) is 35.9 Å². The van der Waals surface area contributed by atoms with Crippen molar-refractivity contribution < 1.29 is 9.84 Å². The Labute approximate surface area is 193 Å². The van der Waals surface area contributed by atoms with Gasteiger partial charge in [0.25, 0.3) is 0 Å². The Balaban J connectivity index is 0.00000420. The molecule has 7 heteroatoms. The van der Waals surface area contributed by atoms with Gasteiger partial charge in [0.15, 0.2) is 5.96 Å². The third-order valence-corrected chi connectivity index (χ3v) is 5.22. The molecule has 0 amide bonds. The summed E-state index contributed by atoms with van der Waals surface area (Å²) < 4.78 is 5.54. The smallest absolute Gasteiger partial charge is 0.191 e. The molecule has 166 valence electrons. The monoisotopic (exact) mass is 518 g/mol. The standard InChI is InChI=1S/C22H38N4O2.HI/c1-3-8-19(11-14-27)17-24-22(23-4-2)25-18-21(20-9-6-5-7-10-20)26-12-15-28-16-13-26;/h5-7,9-10,19,21,27H,3-4,8,11-18H2,1-2H3,(H2,23,24,25);1H. The van der Waals surface area contributed by atoms with Crippen LogP contribution in [0.3, 0.4) is 0 Å². The van der Waals surface area contributed by atoms with Crippen LogP contribution in [0.1, 0.15) is 44.7 Å². The molecular weight excluding hydrogens is 479 g/mol. The van der Waals surface area contributed by atoms with Gasteiger partial charge in [0, 0.05) is 39.3 Å². The van der Waals surface area contributed by atoms with Crippen molar-refractivity contribution in [2.75, 3.05) is 52.5 Å². The summed E-state index contributed by atoms with van der Waals surface area (Å²) in [6.45, 7) is 10.4. The summed E-state index contributed by atoms with van der Waals surface area (Å²) in [6.07, 6.45) is 3.04. The molecule has 29 heavy (non-hydrogen) atoms. The minimum atomic E-state index is 0. The summed E-state index contributed by atoms with van der Waals surface area (Å²) in [6, 6.07) is 11.0. The molecule has 1 fully saturated rings. The van der Waals surface area contributed by atoms with Crippen LogP contribution in [0.4, 0.5) is 0 Å². The highest BCUT2D eigenvalue weighted by Gasteiger charge is 2.22. The quantitative estimate of drug-likeness (QED) is 0.239. The van der Waals surface area contributed by atoms with E-state index in [0.717, 1.165) is 71.2 Å². The molecule has 1 heterocycles. The minimum absolute atomic E-state index is 0. The molecule has 0 radical (unpaired) electrons. The lowest BCUT2D eigenvalue weighted by molar-refractivity contribution is 0.0170. The fourth-order valence-corrected chi connectivity index (χ4v) is 3.70. The van der Waals surface area contributed by atoms with Crippen LogP contribution in [0, 0.1) is 5.92 Å². The van der Waals surface area contributed by atoms with E-state index in [1.54, 1.807) is 0 Å². The first kappa shape index (κ1) is 26.1. The Morgan fingerprint density at radius 3 is 2.48 bits per heavy atom. The van der Waals surface area contributed by atoms with Crippen molar-refractivity contribution in [1.82, 2.24) is 15.5 Å². The minimum Gasteiger partial charge on any atom is -0.396 e. The van der Waals surface area contributed by atoms with Crippen LogP contribution in [-0.2, 0) is 4.74 Å². The zero-order valence-electron chi connectivity index (χ0n) is 18.0. The number of aliphatic hydroxyl groups is 1. The molecule has 2 rings (SSSR count). The first-order valence-electron chi connectivity index (χ1n) is 10.8. The van der Waals surface area contributed by atoms with Crippen LogP contribution in [0.15, 0.2) is 35.3 Å². The molecule has 2 unspecified atom stereocenters. The van der Waals surface area contributed by atoms with E-state index in [9.17, 15) is 5.11 Å². The van der Waals surface area contributed by atoms with Crippen molar-refractivity contribution in [2.45, 2.75) is 39.2 Å². The number of aliphatic imine (C=N–C) groups is 1. The molecular formula is C22H39IN4O2. The van der Waals surface area contributed by atoms with Gasteiger partial charge in [-0.25, -0.2) is 0 Å². The highest BCUT2D eigenvalue weighted by atomic mass is 127. The molecule has 1 aromatic rings. The second-order valence-corrected chi connectivity index (χ2v) is 7.34. The fourth-order valence-electron chi connectivity index (χ4n) is 3.70. The summed E-state index contributed by atoms with van der Waals surface area (Å²) in [5.41, 5.74) is 1.32. The maximum absolute atomic E-state index is 9.28. The molecule has 0 aliphatic carbocycles. The normalized spacial score (nSPS) is 17.3. The van der Waals surface area contributed by atoms with Crippen molar-refractivity contribution in [1.29, 1.82) is 0 Å². The lowest BCUT2D eigenvalue weighted by Gasteiger charge is -2.35. The zero-order valence-corrected chi connectivity index (χ0v) is 20.3. The Morgan fingerprint density at radius 1 is 1.14 bits per heavy atom. The van der Waals surface area contributed by atoms with Crippen LogP contribution >= 0.6 is 24.0 Å². The Morgan fingerprint density at radius 2 is 1.86 bits per heavy atom. The maximum Gasteiger partial charge on any atom is 0.191 e. The lowest BCUT2D eigenvalue weighted by Crippen LogP contribution is -2.46. The highest BCUT2D eigenvalue weighted by Crippen LogP contribution is 2.21. The van der Waals surface area contributed by atoms with E-state index >= 15 is 0 Å². The lowest BCUT2D eigenvalue weighted by atomic mass is 10.0. The molecule has 0 spiro atoms. The Bertz CT molecular complexity index is 547. The fraction of sp³-hybridized carbons (Fsp3) is 0.682. The first-order chi connectivity index (χ1) is 13.8. The molecule has 1 saturated heterocycles. The number of ether oxygens (including phenoxy) is 1. The van der Waals surface area contributed by atoms with Gasteiger partial charge in [-0.05, 0) is 31.2 Å². The van der Waals surface area contributed by atoms with Gasteiger partial charge in [0.2, 0.25) is 0 Å². The van der Waals surface area contributed by atoms with Gasteiger partial charge in [0.1, 0.15) is 0 Å². The molecule has 3 N–H and O–H groups in total. The molecule has 1 aliphatic heterocycles. The van der Waals surface area contributed by atoms with Crippen LogP contribution in [0.25, 0.3) is 0 Å². The molecule has 0 saturated carbocycles. The number of hydrogen-bond donors (Lipinski definition) is 3. The zero-order chi connectivity index (χ0) is 20.0. The van der Waals surface area contributed by atoms with Crippen molar-refractivity contribution in [3.63, 3.8) is 0 Å². The Hall–Kier alpha value is -0.900. The van der Waals surface area contributed by atoms with E-state index < -0.39 is 0 Å². The highest BCUT2D eigenvalue weighted by molar-refractivity contribution is 14.0. The summed E-state index contributed by atoms with van der Waals surface area (Å²) in [4.78, 5) is 7.29. The van der Waals surface area contributed by atoms with Crippen LogP contribution in [0.5, 0.6) is 0 Å². The predicted octanol–water partition coefficient (Wildman–Crippen LogP) is 3.03. The Kier molecular flexibility index (Phi) is 14.3. The number of nitrogens with zero attached hydrogens (tertiary/aromatic N) is 2. The van der Waals surface area contributed by atoms with E-state index in [1.165, 1.54) is 5.56 Å². The molecule has 0 aromatic heterocycles. The van der Waals surface area contributed by atoms with Crippen LogP contribution in [0.2, 0.25) is 0 Å². The number of benzene rings is 1. The number of hydrogen-bond acceptors (Lipinski definition) is 4. The van der Waals surface area contributed by atoms with Gasteiger partial charge >= 0.3 is 0 Å². The topological polar surface area (TPSA) is 69.1 Å². The molecule has 2 atom stereocenters. The van der Waals surface area contributed by atoms with Crippen molar-refractivity contribution >= 4 is 29.9 Å². The van der Waals surface area contributed by atoms with Gasteiger partial charge < -0.3 is 20.5 Å².